The molecule has 0 amide bonds. The first-order valence-corrected chi connectivity index (χ1v) is 20.3. The van der Waals surface area contributed by atoms with E-state index in [1.807, 2.05) is 72.0 Å². The van der Waals surface area contributed by atoms with E-state index in [0.717, 1.165) is 40.0 Å². The second-order valence-corrected chi connectivity index (χ2v) is 15.7. The molecule has 0 spiro atoms. The van der Waals surface area contributed by atoms with Crippen molar-refractivity contribution in [2.24, 2.45) is 0 Å². The first-order valence-electron chi connectivity index (χ1n) is 19.5. The highest BCUT2D eigenvalue weighted by Crippen LogP contribution is 2.42. The zero-order chi connectivity index (χ0) is 37.9. The Morgan fingerprint density at radius 1 is 0.607 bits per heavy atom. The van der Waals surface area contributed by atoms with Crippen molar-refractivity contribution < 1.29 is 23.7 Å². The fourth-order valence-corrected chi connectivity index (χ4v) is 8.49. The highest BCUT2D eigenvalue weighted by molar-refractivity contribution is 7.19. The summed E-state index contributed by atoms with van der Waals surface area (Å²) in [6.07, 6.45) is -0.0167. The Labute approximate surface area is 334 Å². The van der Waals surface area contributed by atoms with E-state index in [9.17, 15) is 0 Å². The van der Waals surface area contributed by atoms with E-state index in [2.05, 4.69) is 110 Å². The second kappa shape index (κ2) is 18.7. The van der Waals surface area contributed by atoms with E-state index in [1.54, 1.807) is 0 Å². The van der Waals surface area contributed by atoms with Crippen molar-refractivity contribution in [1.82, 2.24) is 0 Å². The van der Waals surface area contributed by atoms with Gasteiger partial charge in [-0.1, -0.05) is 140 Å². The molecule has 7 aromatic rings. The van der Waals surface area contributed by atoms with E-state index >= 15 is 0 Å². The Bertz CT molecular complexity index is 2220. The molecule has 0 radical (unpaired) electrons. The summed E-state index contributed by atoms with van der Waals surface area (Å²) in [4.78, 5) is 1.32. The van der Waals surface area contributed by atoms with Crippen LogP contribution in [0.5, 0.6) is 5.75 Å². The van der Waals surface area contributed by atoms with Crippen LogP contribution in [0.3, 0.4) is 0 Å². The van der Waals surface area contributed by atoms with Crippen LogP contribution in [0.1, 0.15) is 56.3 Å². The van der Waals surface area contributed by atoms with Gasteiger partial charge in [0.15, 0.2) is 0 Å². The molecule has 1 fully saturated rings. The molecular formula is C50H48O5S. The molecule has 6 aromatic carbocycles. The van der Waals surface area contributed by atoms with Crippen LogP contribution in [0.4, 0.5) is 0 Å². The van der Waals surface area contributed by atoms with Gasteiger partial charge in [-0.25, -0.2) is 0 Å². The molecule has 284 valence electrons. The number of aryl methyl sites for hydroxylation is 1. The lowest BCUT2D eigenvalue weighted by molar-refractivity contribution is -0.219. The first kappa shape index (κ1) is 37.8. The smallest absolute Gasteiger partial charge is 0.126 e. The van der Waals surface area contributed by atoms with E-state index in [4.69, 9.17) is 23.7 Å². The summed E-state index contributed by atoms with van der Waals surface area (Å²) >= 11 is 1.85. The molecule has 0 bridgehead atoms. The van der Waals surface area contributed by atoms with Gasteiger partial charge in [-0.3, -0.25) is 0 Å². The largest absolute Gasteiger partial charge is 0.489 e. The Morgan fingerprint density at radius 2 is 1.18 bits per heavy atom. The fourth-order valence-electron chi connectivity index (χ4n) is 7.40. The molecule has 0 saturated carbocycles. The maximum atomic E-state index is 7.17. The Morgan fingerprint density at radius 3 is 1.82 bits per heavy atom. The van der Waals surface area contributed by atoms with Gasteiger partial charge in [0.05, 0.1) is 38.6 Å². The van der Waals surface area contributed by atoms with Gasteiger partial charge in [0.1, 0.15) is 24.6 Å². The minimum Gasteiger partial charge on any atom is -0.489 e. The van der Waals surface area contributed by atoms with E-state index in [1.165, 1.54) is 26.1 Å². The van der Waals surface area contributed by atoms with E-state index < -0.39 is 12.2 Å². The van der Waals surface area contributed by atoms with Gasteiger partial charge >= 0.3 is 0 Å². The summed E-state index contributed by atoms with van der Waals surface area (Å²) in [5, 5.41) is 1.27. The van der Waals surface area contributed by atoms with Crippen molar-refractivity contribution >= 4 is 21.4 Å². The van der Waals surface area contributed by atoms with Crippen LogP contribution in [0.2, 0.25) is 0 Å². The lowest BCUT2D eigenvalue weighted by Gasteiger charge is -2.42. The minimum atomic E-state index is -0.494. The highest BCUT2D eigenvalue weighted by atomic mass is 32.1. The molecule has 0 aliphatic carbocycles. The standard InChI is InChI=1S/C50H48O5S/c1-36-26-46(52-32-38-18-8-3-9-19-38)45(29-42(36)28-44-27-41-24-14-15-25-48(41)56-44)49-50(54-34-40-22-12-5-13-23-40)47(53-33-39-20-10-4-11-21-39)30-43(55-49)35-51-31-37-16-6-2-7-17-37/h2-27,29,43,47,49-50H,28,30-35H2,1H3/t43-,47-,49-,50+/m0/s1. The van der Waals surface area contributed by atoms with Crippen molar-refractivity contribution in [3.63, 3.8) is 0 Å². The van der Waals surface area contributed by atoms with Gasteiger partial charge in [-0.05, 0) is 70.0 Å². The molecule has 1 saturated heterocycles. The second-order valence-electron chi connectivity index (χ2n) is 14.5. The topological polar surface area (TPSA) is 46.2 Å². The normalized spacial score (nSPS) is 18.2. The number of ether oxygens (including phenoxy) is 5. The summed E-state index contributed by atoms with van der Waals surface area (Å²) in [5.41, 5.74) is 7.80. The molecule has 0 N–H and O–H groups in total. The number of rotatable bonds is 16. The predicted octanol–water partition coefficient (Wildman–Crippen LogP) is 11.6. The monoisotopic (exact) mass is 760 g/mol. The summed E-state index contributed by atoms with van der Waals surface area (Å²) in [6, 6.07) is 56.7. The third-order valence-electron chi connectivity index (χ3n) is 10.4. The quantitative estimate of drug-likeness (QED) is 0.0981. The summed E-state index contributed by atoms with van der Waals surface area (Å²) < 4.78 is 35.4. The van der Waals surface area contributed by atoms with Gasteiger partial charge < -0.3 is 23.7 Å². The van der Waals surface area contributed by atoms with Gasteiger partial charge in [0.2, 0.25) is 0 Å². The molecule has 0 unspecified atom stereocenters. The average molecular weight is 761 g/mol. The van der Waals surface area contributed by atoms with E-state index in [0.29, 0.717) is 39.5 Å². The van der Waals surface area contributed by atoms with E-state index in [-0.39, 0.29) is 12.2 Å². The average Bonchev–Trinajstić information content (AvgIpc) is 3.66. The third-order valence-corrected chi connectivity index (χ3v) is 11.5. The lowest BCUT2D eigenvalue weighted by atomic mass is 9.89. The third kappa shape index (κ3) is 9.83. The number of thiophene rings is 1. The summed E-state index contributed by atoms with van der Waals surface area (Å²) in [7, 11) is 0. The molecule has 2 heterocycles. The zero-order valence-corrected chi connectivity index (χ0v) is 32.6. The maximum Gasteiger partial charge on any atom is 0.126 e. The molecule has 5 nitrogen and oxygen atoms in total. The SMILES string of the molecule is Cc1cc(OCc2ccccc2)c([C@@H]2O[C@H](COCc3ccccc3)C[C@H](OCc3ccccc3)[C@H]2OCc2ccccc2)cc1Cc1cc2ccccc2s1. The molecular weight excluding hydrogens is 713 g/mol. The molecule has 1 aromatic heterocycles. The van der Waals surface area contributed by atoms with Gasteiger partial charge in [-0.2, -0.15) is 0 Å². The lowest BCUT2D eigenvalue weighted by Crippen LogP contribution is -2.47. The molecule has 4 atom stereocenters. The van der Waals surface area contributed by atoms with Crippen molar-refractivity contribution in [2.45, 2.75) is 70.6 Å². The van der Waals surface area contributed by atoms with Gasteiger partial charge in [-0.15, -0.1) is 11.3 Å². The fraction of sp³-hybridized carbons (Fsp3) is 0.240. The van der Waals surface area contributed by atoms with Crippen LogP contribution in [0.25, 0.3) is 10.1 Å². The van der Waals surface area contributed by atoms with Crippen LogP contribution < -0.4 is 4.74 Å². The first-order chi connectivity index (χ1) is 27.6. The maximum absolute atomic E-state index is 7.17. The highest BCUT2D eigenvalue weighted by Gasteiger charge is 2.43. The van der Waals surface area contributed by atoms with Gasteiger partial charge in [0, 0.05) is 28.0 Å². The number of hydrogen-bond donors (Lipinski definition) is 0. The van der Waals surface area contributed by atoms with Crippen LogP contribution in [-0.4, -0.2) is 24.9 Å². The minimum absolute atomic E-state index is 0.240. The number of fused-ring (bicyclic) bond motifs is 1. The molecule has 56 heavy (non-hydrogen) atoms. The number of hydrogen-bond acceptors (Lipinski definition) is 6. The van der Waals surface area contributed by atoms with Crippen LogP contribution in [0, 0.1) is 6.92 Å². The molecule has 8 rings (SSSR count). The van der Waals surface area contributed by atoms with Crippen molar-refractivity contribution in [3.05, 3.63) is 208 Å². The molecule has 1 aliphatic rings. The van der Waals surface area contributed by atoms with Crippen LogP contribution >= 0.6 is 11.3 Å². The molecule has 6 heteroatoms. The Hall–Kier alpha value is -5.08. The zero-order valence-electron chi connectivity index (χ0n) is 31.8. The Kier molecular flexibility index (Phi) is 12.6. The van der Waals surface area contributed by atoms with Crippen LogP contribution in [-0.2, 0) is 51.8 Å². The van der Waals surface area contributed by atoms with Crippen molar-refractivity contribution in [1.29, 1.82) is 0 Å². The predicted molar refractivity (Wildman–Crippen MR) is 225 cm³/mol. The van der Waals surface area contributed by atoms with Gasteiger partial charge in [0.25, 0.3) is 0 Å². The summed E-state index contributed by atoms with van der Waals surface area (Å²) in [6.45, 7) is 4.42. The van der Waals surface area contributed by atoms with Crippen molar-refractivity contribution in [2.75, 3.05) is 6.61 Å². The van der Waals surface area contributed by atoms with Crippen molar-refractivity contribution in [3.8, 4) is 5.75 Å². The Balaban J connectivity index is 1.17. The molecule has 1 aliphatic heterocycles. The summed E-state index contributed by atoms with van der Waals surface area (Å²) in [5.74, 6) is 0.789. The van der Waals surface area contributed by atoms with Crippen LogP contribution in [0.15, 0.2) is 164 Å². The number of benzene rings is 6.